The first kappa shape index (κ1) is 25.9. The van der Waals surface area contributed by atoms with Gasteiger partial charge in [-0.15, -0.1) is 15.3 Å². The summed E-state index contributed by atoms with van der Waals surface area (Å²) in [5.74, 6) is 0.747. The Bertz CT molecular complexity index is 1480. The number of ether oxygens (including phenoxy) is 2. The summed E-state index contributed by atoms with van der Waals surface area (Å²) in [5.41, 5.74) is 1.59. The van der Waals surface area contributed by atoms with E-state index < -0.39 is 18.1 Å². The second-order valence-corrected chi connectivity index (χ2v) is 10.2. The monoisotopic (exact) mass is 563 g/mol. The van der Waals surface area contributed by atoms with E-state index in [4.69, 9.17) is 13.9 Å². The fourth-order valence-electron chi connectivity index (χ4n) is 4.42. The number of amides is 2. The van der Waals surface area contributed by atoms with E-state index in [2.05, 4.69) is 35.8 Å². The molecule has 1 fully saturated rings. The molecule has 1 saturated heterocycles. The summed E-state index contributed by atoms with van der Waals surface area (Å²) in [6, 6.07) is 6.51. The third-order valence-corrected chi connectivity index (χ3v) is 7.23. The normalized spacial score (nSPS) is 19.2. The highest BCUT2D eigenvalue weighted by Gasteiger charge is 2.37. The van der Waals surface area contributed by atoms with Crippen LogP contribution in [0.5, 0.6) is 5.75 Å². The Morgan fingerprint density at radius 1 is 1.12 bits per heavy atom. The van der Waals surface area contributed by atoms with Gasteiger partial charge < -0.3 is 24.1 Å². The first-order valence-corrected chi connectivity index (χ1v) is 13.6. The van der Waals surface area contributed by atoms with Crippen LogP contribution >= 0.6 is 11.8 Å². The number of hydrogen-bond donors (Lipinski definition) is 1. The molecule has 4 aromatic heterocycles. The molecular formula is C25H25N9O5S. The van der Waals surface area contributed by atoms with Crippen LogP contribution < -0.4 is 10.1 Å². The van der Waals surface area contributed by atoms with Crippen LogP contribution in [-0.4, -0.2) is 89.5 Å². The number of nitrogens with one attached hydrogen (secondary N) is 1. The minimum absolute atomic E-state index is 0.0718. The van der Waals surface area contributed by atoms with Gasteiger partial charge in [0.05, 0.1) is 31.5 Å². The first-order valence-electron chi connectivity index (χ1n) is 12.7. The van der Waals surface area contributed by atoms with Gasteiger partial charge in [-0.25, -0.2) is 9.67 Å². The predicted molar refractivity (Wildman–Crippen MR) is 139 cm³/mol. The molecule has 0 unspecified atom stereocenters. The topological polar surface area (TPSA) is 163 Å². The number of aromatic nitrogens is 7. The van der Waals surface area contributed by atoms with Gasteiger partial charge in [0.1, 0.15) is 12.3 Å². The number of fused-ring (bicyclic) bond motifs is 4. The molecule has 4 aromatic rings. The highest BCUT2D eigenvalue weighted by atomic mass is 32.2. The van der Waals surface area contributed by atoms with Crippen molar-refractivity contribution < 1.29 is 23.5 Å². The SMILES string of the molecule is O=C1N[C@H]2CN(C(=O)CCSc3nnc(-c4ccncc4)o3)C[C@@H]2OCc2cn(nn2)CCOc2cccnc21. The smallest absolute Gasteiger partial charge is 0.276 e. The molecule has 0 saturated carbocycles. The van der Waals surface area contributed by atoms with Crippen molar-refractivity contribution in [2.45, 2.75) is 36.9 Å². The lowest BCUT2D eigenvalue weighted by molar-refractivity contribution is -0.130. The second-order valence-electron chi connectivity index (χ2n) is 9.11. The molecule has 14 nitrogen and oxygen atoms in total. The summed E-state index contributed by atoms with van der Waals surface area (Å²) in [6.07, 6.45) is 6.43. The Morgan fingerprint density at radius 2 is 2.02 bits per heavy atom. The zero-order chi connectivity index (χ0) is 27.3. The number of thioether (sulfide) groups is 1. The maximum Gasteiger partial charge on any atom is 0.276 e. The van der Waals surface area contributed by atoms with Crippen molar-refractivity contribution in [2.24, 2.45) is 0 Å². The molecule has 0 radical (unpaired) electrons. The summed E-state index contributed by atoms with van der Waals surface area (Å²) in [4.78, 5) is 36.2. The highest BCUT2D eigenvalue weighted by Crippen LogP contribution is 2.24. The van der Waals surface area contributed by atoms with E-state index in [0.29, 0.717) is 47.9 Å². The van der Waals surface area contributed by atoms with Gasteiger partial charge in [0.2, 0.25) is 11.8 Å². The van der Waals surface area contributed by atoms with Crippen molar-refractivity contribution in [1.82, 2.24) is 45.4 Å². The minimum Gasteiger partial charge on any atom is -0.489 e. The Labute approximate surface area is 232 Å². The molecule has 0 aliphatic carbocycles. The number of likely N-dealkylation sites (tertiary alicyclic amines) is 1. The maximum atomic E-state index is 13.2. The summed E-state index contributed by atoms with van der Waals surface area (Å²) in [6.45, 7) is 1.55. The lowest BCUT2D eigenvalue weighted by atomic mass is 10.2. The molecule has 6 heterocycles. The molecule has 2 atom stereocenters. The predicted octanol–water partition coefficient (Wildman–Crippen LogP) is 1.22. The molecule has 0 spiro atoms. The molecule has 2 amide bonds. The van der Waals surface area contributed by atoms with Gasteiger partial charge in [0.25, 0.3) is 11.1 Å². The molecule has 1 N–H and O–H groups in total. The molecule has 2 aliphatic rings. The van der Waals surface area contributed by atoms with Crippen LogP contribution in [0.3, 0.4) is 0 Å². The lowest BCUT2D eigenvalue weighted by Crippen LogP contribution is -2.44. The van der Waals surface area contributed by atoms with Crippen LogP contribution in [0.25, 0.3) is 11.5 Å². The van der Waals surface area contributed by atoms with Crippen LogP contribution in [0.4, 0.5) is 0 Å². The number of pyridine rings is 2. The molecule has 0 aromatic carbocycles. The van der Waals surface area contributed by atoms with E-state index in [-0.39, 0.29) is 31.2 Å². The zero-order valence-corrected chi connectivity index (χ0v) is 22.1. The summed E-state index contributed by atoms with van der Waals surface area (Å²) in [5, 5.41) is 19.7. The van der Waals surface area contributed by atoms with Gasteiger partial charge in [0, 0.05) is 49.4 Å². The van der Waals surface area contributed by atoms with E-state index in [1.807, 2.05) is 0 Å². The summed E-state index contributed by atoms with van der Waals surface area (Å²) < 4.78 is 19.3. The van der Waals surface area contributed by atoms with E-state index in [1.54, 1.807) is 52.4 Å². The Hall–Kier alpha value is -4.37. The molecule has 2 aliphatic heterocycles. The maximum absolute atomic E-state index is 13.2. The third-order valence-electron chi connectivity index (χ3n) is 6.41. The lowest BCUT2D eigenvalue weighted by Gasteiger charge is -2.20. The van der Waals surface area contributed by atoms with Crippen molar-refractivity contribution in [3.8, 4) is 17.2 Å². The van der Waals surface area contributed by atoms with E-state index >= 15 is 0 Å². The van der Waals surface area contributed by atoms with Crippen molar-refractivity contribution in [3.05, 3.63) is 60.4 Å². The van der Waals surface area contributed by atoms with Crippen LogP contribution in [-0.2, 0) is 22.7 Å². The zero-order valence-electron chi connectivity index (χ0n) is 21.3. The van der Waals surface area contributed by atoms with Crippen molar-refractivity contribution in [1.29, 1.82) is 0 Å². The van der Waals surface area contributed by atoms with Crippen molar-refractivity contribution in [2.75, 3.05) is 25.4 Å². The van der Waals surface area contributed by atoms with Gasteiger partial charge in [-0.2, -0.15) is 0 Å². The number of carbonyl (C=O) groups excluding carboxylic acids is 2. The number of rotatable bonds is 5. The average Bonchev–Trinajstić information content (AvgIpc) is 3.73. The fraction of sp³-hybridized carbons (Fsp3) is 0.360. The largest absolute Gasteiger partial charge is 0.489 e. The Balaban J connectivity index is 1.10. The van der Waals surface area contributed by atoms with Gasteiger partial charge in [-0.1, -0.05) is 17.0 Å². The van der Waals surface area contributed by atoms with Crippen LogP contribution in [0, 0.1) is 0 Å². The number of hydrogen-bond acceptors (Lipinski definition) is 12. The van der Waals surface area contributed by atoms with E-state index in [0.717, 1.165) is 5.56 Å². The second kappa shape index (κ2) is 11.8. The first-order chi connectivity index (χ1) is 19.6. The number of carbonyl (C=O) groups is 2. The third kappa shape index (κ3) is 5.94. The molecule has 40 heavy (non-hydrogen) atoms. The molecule has 206 valence electrons. The average molecular weight is 564 g/mol. The molecule has 15 heteroatoms. The standard InChI is InChI=1S/C25H25N9O5S/c35-21(5-11-40-25-31-30-24(39-25)16-3-7-26-8-4-16)33-13-18-20(14-33)38-15-17-12-34(32-29-17)9-10-37-19-2-1-6-27-22(19)23(36)28-18/h1-4,6-8,12,18,20H,5,9-11,13-15H2,(H,28,36)/t18-,20-/m0/s1. The van der Waals surface area contributed by atoms with Gasteiger partial charge >= 0.3 is 0 Å². The van der Waals surface area contributed by atoms with Crippen molar-refractivity contribution in [3.63, 3.8) is 0 Å². The van der Waals surface area contributed by atoms with E-state index in [1.165, 1.54) is 18.0 Å². The Kier molecular flexibility index (Phi) is 7.63. The molecular weight excluding hydrogens is 538 g/mol. The van der Waals surface area contributed by atoms with Crippen molar-refractivity contribution >= 4 is 23.6 Å². The van der Waals surface area contributed by atoms with Gasteiger partial charge in [-0.3, -0.25) is 14.6 Å². The minimum atomic E-state index is -0.448. The molecule has 2 bridgehead atoms. The van der Waals surface area contributed by atoms with Crippen LogP contribution in [0.1, 0.15) is 22.6 Å². The summed E-state index contributed by atoms with van der Waals surface area (Å²) >= 11 is 1.31. The van der Waals surface area contributed by atoms with Crippen LogP contribution in [0.15, 0.2) is 58.7 Å². The molecule has 6 rings (SSSR count). The fourth-order valence-corrected chi connectivity index (χ4v) is 5.11. The van der Waals surface area contributed by atoms with Crippen LogP contribution in [0.2, 0.25) is 0 Å². The number of nitrogens with zero attached hydrogens (tertiary/aromatic N) is 8. The Morgan fingerprint density at radius 3 is 2.92 bits per heavy atom. The highest BCUT2D eigenvalue weighted by molar-refractivity contribution is 7.99. The summed E-state index contributed by atoms with van der Waals surface area (Å²) in [7, 11) is 0. The van der Waals surface area contributed by atoms with E-state index in [9.17, 15) is 9.59 Å². The van der Waals surface area contributed by atoms with Gasteiger partial charge in [0.15, 0.2) is 11.4 Å². The van der Waals surface area contributed by atoms with Gasteiger partial charge in [-0.05, 0) is 24.3 Å². The quantitative estimate of drug-likeness (QED) is 0.346.